The molecule has 0 bridgehead atoms. The van der Waals surface area contributed by atoms with Gasteiger partial charge in [-0.3, -0.25) is 0 Å². The molecule has 0 unspecified atom stereocenters. The van der Waals surface area contributed by atoms with E-state index < -0.39 is 99.9 Å². The van der Waals surface area contributed by atoms with Gasteiger partial charge in [0.15, 0.2) is 5.69 Å². The van der Waals surface area contributed by atoms with Crippen molar-refractivity contribution in [2.75, 3.05) is 0 Å². The molecule has 2 aromatic carbocycles. The maximum atomic E-state index is 12.8. The number of alkyl halides is 12. The Labute approximate surface area is 274 Å². The molecule has 2 aromatic heterocycles. The second kappa shape index (κ2) is 12.9. The molecule has 250 valence electrons. The summed E-state index contributed by atoms with van der Waals surface area (Å²) in [5.74, 6) is -2.66. The van der Waals surface area contributed by atoms with Crippen molar-refractivity contribution in [3.63, 3.8) is 0 Å². The van der Waals surface area contributed by atoms with Gasteiger partial charge in [0.2, 0.25) is 11.5 Å². The topological polar surface area (TPSA) is 100 Å². The molecule has 0 radical (unpaired) electrons. The van der Waals surface area contributed by atoms with Gasteiger partial charge < -0.3 is 15.1 Å². The first-order valence-electron chi connectivity index (χ1n) is 11.0. The van der Waals surface area contributed by atoms with E-state index in [0.717, 1.165) is 0 Å². The number of nitrogens with one attached hydrogen (secondary N) is 2. The molecule has 0 atom stereocenters. The Balaban J connectivity index is 0.000000251. The number of H-pyrrole nitrogens is 2. The number of aromatic amines is 2. The third-order valence-corrected chi connectivity index (χ3v) is 7.06. The lowest BCUT2D eigenvalue weighted by Gasteiger charge is -2.11. The lowest BCUT2D eigenvalue weighted by molar-refractivity contribution is -0.392. The van der Waals surface area contributed by atoms with Crippen molar-refractivity contribution in [1.82, 2.24) is 19.9 Å². The molecule has 4 rings (SSSR count). The number of nitro groups is 1. The van der Waals surface area contributed by atoms with E-state index in [9.17, 15) is 62.8 Å². The first kappa shape index (κ1) is 37.5. The van der Waals surface area contributed by atoms with Crippen molar-refractivity contribution in [2.24, 2.45) is 0 Å². The van der Waals surface area contributed by atoms with Crippen LogP contribution in [0.3, 0.4) is 0 Å². The summed E-state index contributed by atoms with van der Waals surface area (Å²) < 4.78 is 151. The van der Waals surface area contributed by atoms with Gasteiger partial charge in [-0.05, 0) is 45.1 Å². The summed E-state index contributed by atoms with van der Waals surface area (Å²) in [6.07, 6.45) is -19.4. The number of nitrogens with zero attached hydrogens (tertiary/aromatic N) is 3. The van der Waals surface area contributed by atoms with Crippen LogP contribution >= 0.6 is 62.3 Å². The van der Waals surface area contributed by atoms with Crippen molar-refractivity contribution >= 4 is 68.2 Å². The van der Waals surface area contributed by atoms with E-state index in [1.807, 2.05) is 4.98 Å². The van der Waals surface area contributed by atoms with E-state index in [1.165, 1.54) is 0 Å². The Morgan fingerprint density at radius 3 is 1.26 bits per heavy atom. The standard InChI is InChI=1S/C11H3BrCl2F6N2.C11H3Cl2F6N3O2/c12-8-7(11(18,19)20)21-9(22-8)6-4(13)1-3(2-5(6)14)10(15,16)17;12-4-1-3(10(14,15)16)2-5(13)6(4)8-20-7(11(17,18)19)9(21-8)22(23)24/h1-2H,(H,21,22);1-2H,(H,20,21). The molecule has 0 aliphatic heterocycles. The molecule has 2 heterocycles. The van der Waals surface area contributed by atoms with Gasteiger partial charge in [-0.25, -0.2) is 9.97 Å². The maximum Gasteiger partial charge on any atom is 0.441 e. The van der Waals surface area contributed by atoms with Gasteiger partial charge in [-0.1, -0.05) is 46.4 Å². The van der Waals surface area contributed by atoms with Crippen molar-refractivity contribution in [1.29, 1.82) is 0 Å². The van der Waals surface area contributed by atoms with Crippen LogP contribution < -0.4 is 0 Å². The van der Waals surface area contributed by atoms with Gasteiger partial charge >= 0.3 is 30.5 Å². The van der Waals surface area contributed by atoms with Crippen molar-refractivity contribution in [3.05, 3.63) is 81.6 Å². The fraction of sp³-hybridized carbons (Fsp3) is 0.182. The molecule has 0 aliphatic carbocycles. The van der Waals surface area contributed by atoms with Crippen LogP contribution in [0.4, 0.5) is 58.5 Å². The molecule has 2 N–H and O–H groups in total. The average molecular weight is 822 g/mol. The van der Waals surface area contributed by atoms with E-state index in [1.54, 1.807) is 4.98 Å². The third-order valence-electron chi connectivity index (χ3n) is 5.29. The average Bonchev–Trinajstić information content (AvgIpc) is 3.47. The number of rotatable bonds is 3. The number of halogens is 17. The van der Waals surface area contributed by atoms with E-state index in [0.29, 0.717) is 24.3 Å². The van der Waals surface area contributed by atoms with E-state index in [2.05, 4.69) is 25.9 Å². The Morgan fingerprint density at radius 1 is 0.630 bits per heavy atom. The van der Waals surface area contributed by atoms with Gasteiger partial charge in [-0.2, -0.15) is 57.7 Å². The Morgan fingerprint density at radius 2 is 1.00 bits per heavy atom. The van der Waals surface area contributed by atoms with Crippen molar-refractivity contribution in [2.45, 2.75) is 24.7 Å². The number of benzene rings is 2. The Hall–Kier alpha value is -2.94. The lowest BCUT2D eigenvalue weighted by atomic mass is 10.1. The highest BCUT2D eigenvalue weighted by molar-refractivity contribution is 9.10. The monoisotopic (exact) mass is 819 g/mol. The zero-order valence-corrected chi connectivity index (χ0v) is 25.5. The van der Waals surface area contributed by atoms with Crippen LogP contribution in [0, 0.1) is 10.1 Å². The van der Waals surface area contributed by atoms with Crippen LogP contribution in [0.2, 0.25) is 20.1 Å². The SMILES string of the molecule is FC(F)(F)c1cc(Cl)c(-c2nc(Br)c(C(F)(F)F)[nH]2)c(Cl)c1.O=[N+]([O-])c1[nH]c(-c2c(Cl)cc(C(F)(F)F)cc2Cl)nc1C(F)(F)F. The minimum Gasteiger partial charge on any atom is -0.358 e. The van der Waals surface area contributed by atoms with Crippen molar-refractivity contribution < 1.29 is 57.6 Å². The highest BCUT2D eigenvalue weighted by Crippen LogP contribution is 2.44. The second-order valence-electron chi connectivity index (χ2n) is 8.41. The van der Waals surface area contributed by atoms with Gasteiger partial charge in [0, 0.05) is 0 Å². The van der Waals surface area contributed by atoms with E-state index in [-0.39, 0.29) is 5.56 Å². The first-order chi connectivity index (χ1) is 20.7. The molecule has 46 heavy (non-hydrogen) atoms. The van der Waals surface area contributed by atoms with Crippen LogP contribution in [-0.4, -0.2) is 24.9 Å². The predicted octanol–water partition coefficient (Wildman–Crippen LogP) is 11.5. The molecule has 0 saturated carbocycles. The van der Waals surface area contributed by atoms with Crippen LogP contribution in [0.25, 0.3) is 22.8 Å². The van der Waals surface area contributed by atoms with Crippen LogP contribution in [-0.2, 0) is 24.7 Å². The zero-order valence-electron chi connectivity index (χ0n) is 20.9. The quantitative estimate of drug-likeness (QED) is 0.122. The van der Waals surface area contributed by atoms with Gasteiger partial charge in [0.1, 0.15) is 10.4 Å². The minimum absolute atomic E-state index is 0.257. The molecule has 7 nitrogen and oxygen atoms in total. The lowest BCUT2D eigenvalue weighted by Crippen LogP contribution is -2.08. The number of hydrogen-bond donors (Lipinski definition) is 2. The molecule has 0 spiro atoms. The van der Waals surface area contributed by atoms with Crippen LogP contribution in [0.5, 0.6) is 0 Å². The summed E-state index contributed by atoms with van der Waals surface area (Å²) in [4.78, 5) is 19.6. The maximum absolute atomic E-state index is 12.8. The molecular formula is C22H6BrCl4F12N5O2. The summed E-state index contributed by atoms with van der Waals surface area (Å²) in [6.45, 7) is 0. The van der Waals surface area contributed by atoms with E-state index in [4.69, 9.17) is 46.4 Å². The first-order valence-corrected chi connectivity index (χ1v) is 13.3. The zero-order chi connectivity index (χ0) is 35.3. The van der Waals surface area contributed by atoms with Gasteiger partial charge in [-0.15, -0.1) is 0 Å². The second-order valence-corrected chi connectivity index (χ2v) is 10.8. The smallest absolute Gasteiger partial charge is 0.358 e. The van der Waals surface area contributed by atoms with Crippen LogP contribution in [0.1, 0.15) is 22.5 Å². The summed E-state index contributed by atoms with van der Waals surface area (Å²) in [5.41, 5.74) is -6.19. The fourth-order valence-corrected chi connectivity index (χ4v) is 5.23. The number of imidazole rings is 2. The van der Waals surface area contributed by atoms with Crippen molar-refractivity contribution in [3.8, 4) is 22.8 Å². The highest BCUT2D eigenvalue weighted by atomic mass is 79.9. The fourth-order valence-electron chi connectivity index (χ4n) is 3.40. The molecule has 0 fully saturated rings. The number of aromatic nitrogens is 4. The largest absolute Gasteiger partial charge is 0.441 e. The van der Waals surface area contributed by atoms with Gasteiger partial charge in [0.25, 0.3) is 0 Å². The molecule has 0 saturated heterocycles. The van der Waals surface area contributed by atoms with E-state index >= 15 is 0 Å². The highest BCUT2D eigenvalue weighted by Gasteiger charge is 2.43. The Kier molecular flexibility index (Phi) is 10.5. The number of hydrogen-bond acceptors (Lipinski definition) is 4. The minimum atomic E-state index is -5.16. The van der Waals surface area contributed by atoms with Gasteiger partial charge in [0.05, 0.1) is 42.3 Å². The third kappa shape index (κ3) is 8.31. The molecule has 24 heteroatoms. The summed E-state index contributed by atoms with van der Waals surface area (Å²) in [7, 11) is 0. The summed E-state index contributed by atoms with van der Waals surface area (Å²) in [6, 6.07) is 1.97. The molecular weight excluding hydrogens is 816 g/mol. The molecule has 0 aliphatic rings. The molecule has 4 aromatic rings. The summed E-state index contributed by atoms with van der Waals surface area (Å²) in [5, 5.41) is 8.39. The predicted molar refractivity (Wildman–Crippen MR) is 142 cm³/mol. The molecule has 0 amide bonds. The Bertz CT molecular complexity index is 1750. The normalized spacial score (nSPS) is 12.6. The van der Waals surface area contributed by atoms with Crippen LogP contribution in [0.15, 0.2) is 28.9 Å². The summed E-state index contributed by atoms with van der Waals surface area (Å²) >= 11 is 25.3.